The van der Waals surface area contributed by atoms with Gasteiger partial charge in [0.25, 0.3) is 0 Å². The van der Waals surface area contributed by atoms with Crippen molar-refractivity contribution < 1.29 is 14.3 Å². The number of carbonyl (C=O) groups excluding carboxylic acids is 2. The van der Waals surface area contributed by atoms with E-state index in [1.165, 1.54) is 0 Å². The molecule has 170 valence electrons. The fourth-order valence-corrected chi connectivity index (χ4v) is 4.94. The average molecular weight is 455 g/mol. The molecule has 2 aromatic rings. The van der Waals surface area contributed by atoms with Crippen molar-refractivity contribution in [1.29, 1.82) is 0 Å². The highest BCUT2D eigenvalue weighted by molar-refractivity contribution is 6.30. The van der Waals surface area contributed by atoms with Crippen LogP contribution in [0.5, 0.6) is 5.75 Å². The van der Waals surface area contributed by atoms with Crippen LogP contribution in [0.1, 0.15) is 58.4 Å². The summed E-state index contributed by atoms with van der Waals surface area (Å²) in [6, 6.07) is 13.2. The molecule has 0 unspecified atom stereocenters. The Bertz CT molecular complexity index is 1010. The molecule has 32 heavy (non-hydrogen) atoms. The second-order valence-electron chi connectivity index (χ2n) is 9.56. The number of halogens is 1. The number of carbonyl (C=O) groups is 2. The molecule has 0 radical (unpaired) electrons. The zero-order chi connectivity index (χ0) is 22.9. The molecular formula is C26H31ClN2O3. The third-order valence-electron chi connectivity index (χ3n) is 6.66. The number of nitrogens with zero attached hydrogens (tertiary/aromatic N) is 1. The van der Waals surface area contributed by atoms with Gasteiger partial charge in [0.2, 0.25) is 11.8 Å². The number of ether oxygens (including phenoxy) is 1. The second kappa shape index (κ2) is 8.78. The van der Waals surface area contributed by atoms with Crippen molar-refractivity contribution in [3.05, 3.63) is 53.1 Å². The van der Waals surface area contributed by atoms with Crippen LogP contribution in [0.25, 0.3) is 0 Å². The SMILES string of the molecule is CCCN1C(=O)C(C)(C)COc2cc(NC(=O)C3(c4ccc(Cl)cc4)CCCC3)ccc21. The van der Waals surface area contributed by atoms with Crippen molar-refractivity contribution in [3.8, 4) is 5.75 Å². The molecule has 2 aromatic carbocycles. The van der Waals surface area contributed by atoms with E-state index in [-0.39, 0.29) is 11.8 Å². The third kappa shape index (κ3) is 4.11. The lowest BCUT2D eigenvalue weighted by Gasteiger charge is -2.29. The van der Waals surface area contributed by atoms with E-state index in [0.717, 1.165) is 43.4 Å². The van der Waals surface area contributed by atoms with Crippen molar-refractivity contribution in [1.82, 2.24) is 0 Å². The Morgan fingerprint density at radius 2 is 1.81 bits per heavy atom. The predicted molar refractivity (Wildman–Crippen MR) is 129 cm³/mol. The molecule has 1 saturated carbocycles. The van der Waals surface area contributed by atoms with Crippen LogP contribution in [0.3, 0.4) is 0 Å². The minimum Gasteiger partial charge on any atom is -0.490 e. The van der Waals surface area contributed by atoms with Gasteiger partial charge in [-0.05, 0) is 62.9 Å². The Morgan fingerprint density at radius 3 is 2.47 bits per heavy atom. The van der Waals surface area contributed by atoms with E-state index in [4.69, 9.17) is 16.3 Å². The maximum Gasteiger partial charge on any atom is 0.236 e. The van der Waals surface area contributed by atoms with Gasteiger partial charge in [0.1, 0.15) is 12.4 Å². The zero-order valence-electron chi connectivity index (χ0n) is 19.0. The summed E-state index contributed by atoms with van der Waals surface area (Å²) >= 11 is 6.08. The predicted octanol–water partition coefficient (Wildman–Crippen LogP) is 5.95. The van der Waals surface area contributed by atoms with Gasteiger partial charge in [0.05, 0.1) is 16.5 Å². The van der Waals surface area contributed by atoms with Crippen LogP contribution in [-0.4, -0.2) is 25.0 Å². The van der Waals surface area contributed by atoms with E-state index in [1.54, 1.807) is 4.90 Å². The third-order valence-corrected chi connectivity index (χ3v) is 6.91. The number of hydrogen-bond donors (Lipinski definition) is 1. The largest absolute Gasteiger partial charge is 0.490 e. The molecule has 4 rings (SSSR count). The molecule has 2 aliphatic rings. The lowest BCUT2D eigenvalue weighted by Crippen LogP contribution is -2.42. The summed E-state index contributed by atoms with van der Waals surface area (Å²) in [4.78, 5) is 28.4. The number of hydrogen-bond acceptors (Lipinski definition) is 3. The van der Waals surface area contributed by atoms with Gasteiger partial charge in [-0.15, -0.1) is 0 Å². The number of anilines is 2. The van der Waals surface area contributed by atoms with E-state index < -0.39 is 10.8 Å². The Kier molecular flexibility index (Phi) is 6.22. The second-order valence-corrected chi connectivity index (χ2v) is 10.00. The first kappa shape index (κ1) is 22.7. The molecule has 1 aliphatic heterocycles. The fourth-order valence-electron chi connectivity index (χ4n) is 4.82. The van der Waals surface area contributed by atoms with Gasteiger partial charge in [-0.2, -0.15) is 0 Å². The van der Waals surface area contributed by atoms with Crippen LogP contribution in [-0.2, 0) is 15.0 Å². The molecule has 6 heteroatoms. The smallest absolute Gasteiger partial charge is 0.236 e. The Hall–Kier alpha value is -2.53. The Labute approximate surface area is 195 Å². The molecule has 1 aliphatic carbocycles. The average Bonchev–Trinajstić information content (AvgIpc) is 3.25. The van der Waals surface area contributed by atoms with Crippen molar-refractivity contribution in [2.75, 3.05) is 23.4 Å². The molecule has 0 bridgehead atoms. The molecule has 0 saturated heterocycles. The lowest BCUT2D eigenvalue weighted by molar-refractivity contribution is -0.127. The summed E-state index contributed by atoms with van der Waals surface area (Å²) in [5.74, 6) is 0.678. The van der Waals surface area contributed by atoms with E-state index in [0.29, 0.717) is 29.6 Å². The zero-order valence-corrected chi connectivity index (χ0v) is 19.8. The van der Waals surface area contributed by atoms with Crippen LogP contribution in [0, 0.1) is 5.41 Å². The van der Waals surface area contributed by atoms with E-state index in [1.807, 2.05) is 56.3 Å². The molecule has 0 aromatic heterocycles. The molecule has 0 spiro atoms. The van der Waals surface area contributed by atoms with E-state index >= 15 is 0 Å². The summed E-state index contributed by atoms with van der Waals surface area (Å²) in [7, 11) is 0. The molecule has 1 N–H and O–H groups in total. The van der Waals surface area contributed by atoms with Crippen molar-refractivity contribution >= 4 is 34.8 Å². The van der Waals surface area contributed by atoms with Gasteiger partial charge in [-0.25, -0.2) is 0 Å². The highest BCUT2D eigenvalue weighted by atomic mass is 35.5. The quantitative estimate of drug-likeness (QED) is 0.607. The van der Waals surface area contributed by atoms with E-state index in [9.17, 15) is 9.59 Å². The molecule has 5 nitrogen and oxygen atoms in total. The summed E-state index contributed by atoms with van der Waals surface area (Å²) in [5, 5.41) is 3.80. The van der Waals surface area contributed by atoms with Crippen molar-refractivity contribution in [2.24, 2.45) is 5.41 Å². The van der Waals surface area contributed by atoms with E-state index in [2.05, 4.69) is 12.2 Å². The number of rotatable bonds is 5. The summed E-state index contributed by atoms with van der Waals surface area (Å²) in [6.45, 7) is 6.79. The molecule has 0 atom stereocenters. The highest BCUT2D eigenvalue weighted by Crippen LogP contribution is 2.43. The topological polar surface area (TPSA) is 58.6 Å². The number of amides is 2. The van der Waals surface area contributed by atoms with Crippen molar-refractivity contribution in [3.63, 3.8) is 0 Å². The van der Waals surface area contributed by atoms with Crippen LogP contribution in [0.2, 0.25) is 5.02 Å². The van der Waals surface area contributed by atoms with Crippen LogP contribution >= 0.6 is 11.6 Å². The van der Waals surface area contributed by atoms with Crippen molar-refractivity contribution in [2.45, 2.75) is 58.3 Å². The molecular weight excluding hydrogens is 424 g/mol. The minimum atomic E-state index is -0.611. The molecule has 1 fully saturated rings. The first-order valence-electron chi connectivity index (χ1n) is 11.4. The molecule has 1 heterocycles. The van der Waals surface area contributed by atoms with Gasteiger partial charge in [-0.3, -0.25) is 9.59 Å². The van der Waals surface area contributed by atoms with Gasteiger partial charge >= 0.3 is 0 Å². The minimum absolute atomic E-state index is 0.00675. The fraction of sp³-hybridized carbons (Fsp3) is 0.462. The summed E-state index contributed by atoms with van der Waals surface area (Å²) in [5.41, 5.74) is 1.28. The molecule has 2 amide bonds. The number of nitrogens with one attached hydrogen (secondary N) is 1. The van der Waals surface area contributed by atoms with Crippen LogP contribution in [0.15, 0.2) is 42.5 Å². The number of fused-ring (bicyclic) bond motifs is 1. The van der Waals surface area contributed by atoms with Gasteiger partial charge in [0.15, 0.2) is 0 Å². The Balaban J connectivity index is 1.63. The standard InChI is InChI=1S/C26H31ClN2O3/c1-4-15-29-21-12-11-20(16-22(21)32-17-25(2,3)24(29)31)28-23(30)26(13-5-6-14-26)18-7-9-19(27)10-8-18/h7-12,16H,4-6,13-15,17H2,1-3H3,(H,28,30). The highest BCUT2D eigenvalue weighted by Gasteiger charge is 2.43. The van der Waals surface area contributed by atoms with Gasteiger partial charge in [-0.1, -0.05) is 43.5 Å². The first-order chi connectivity index (χ1) is 15.3. The monoisotopic (exact) mass is 454 g/mol. The van der Waals surface area contributed by atoms with Gasteiger partial charge < -0.3 is 15.0 Å². The Morgan fingerprint density at radius 1 is 1.12 bits per heavy atom. The van der Waals surface area contributed by atoms with Gasteiger partial charge in [0, 0.05) is 23.3 Å². The van der Waals surface area contributed by atoms with Crippen LogP contribution < -0.4 is 15.0 Å². The normalized spacial score (nSPS) is 19.1. The lowest BCUT2D eigenvalue weighted by atomic mass is 9.78. The maximum absolute atomic E-state index is 13.5. The maximum atomic E-state index is 13.5. The summed E-state index contributed by atoms with van der Waals surface area (Å²) in [6.07, 6.45) is 4.52. The number of benzene rings is 2. The summed E-state index contributed by atoms with van der Waals surface area (Å²) < 4.78 is 6.05. The van der Waals surface area contributed by atoms with Crippen LogP contribution in [0.4, 0.5) is 11.4 Å². The first-order valence-corrected chi connectivity index (χ1v) is 11.8.